The van der Waals surface area contributed by atoms with E-state index in [0.717, 1.165) is 18.0 Å². The van der Waals surface area contributed by atoms with E-state index in [4.69, 9.17) is 0 Å². The highest BCUT2D eigenvalue weighted by Gasteiger charge is 2.36. The third kappa shape index (κ3) is 2.65. The molecule has 1 aliphatic carbocycles. The molecule has 3 atom stereocenters. The molecule has 1 aliphatic heterocycles. The van der Waals surface area contributed by atoms with Crippen LogP contribution in [0.15, 0.2) is 24.4 Å². The number of hydrogen-bond acceptors (Lipinski definition) is 1. The lowest BCUT2D eigenvalue weighted by Crippen LogP contribution is -2.43. The Balaban J connectivity index is 2.27. The minimum atomic E-state index is 0.718. The van der Waals surface area contributed by atoms with Crippen LogP contribution in [0.4, 0.5) is 0 Å². The van der Waals surface area contributed by atoms with E-state index in [0.29, 0.717) is 0 Å². The van der Waals surface area contributed by atoms with Crippen LogP contribution in [-0.2, 0) is 0 Å². The number of fused-ring (bicyclic) bond motifs is 1. The standard InChI is InChI=1S/C17H29N/c1-4-9-14-12-13-15(5-2)18(6-3)17-11-8-7-10-16(14)17/h6,9,15-17H,3-5,7-8,10-13H2,1-2H3/b14-9-. The summed E-state index contributed by atoms with van der Waals surface area (Å²) in [6.07, 6.45) is 15.3. The molecule has 0 aromatic heterocycles. The molecule has 0 amide bonds. The van der Waals surface area contributed by atoms with Crippen molar-refractivity contribution in [2.24, 2.45) is 5.92 Å². The second kappa shape index (κ2) is 6.45. The minimum absolute atomic E-state index is 0.718. The number of rotatable bonds is 3. The van der Waals surface area contributed by atoms with Crippen molar-refractivity contribution in [3.8, 4) is 0 Å². The first-order chi connectivity index (χ1) is 8.81. The Morgan fingerprint density at radius 1 is 1.22 bits per heavy atom. The van der Waals surface area contributed by atoms with Gasteiger partial charge < -0.3 is 4.90 Å². The summed E-state index contributed by atoms with van der Waals surface area (Å²) < 4.78 is 0. The SMILES string of the molecule is C=CN1C(CC)CC/C(=C/CC)C2CCCCC21. The van der Waals surface area contributed by atoms with Gasteiger partial charge in [-0.1, -0.05) is 44.9 Å². The summed E-state index contributed by atoms with van der Waals surface area (Å²) in [4.78, 5) is 2.61. The summed E-state index contributed by atoms with van der Waals surface area (Å²) in [5.74, 6) is 0.813. The zero-order chi connectivity index (χ0) is 13.0. The molecule has 1 saturated carbocycles. The van der Waals surface area contributed by atoms with E-state index in [1.807, 2.05) is 0 Å². The number of nitrogens with zero attached hydrogens (tertiary/aromatic N) is 1. The minimum Gasteiger partial charge on any atom is -0.371 e. The van der Waals surface area contributed by atoms with Crippen LogP contribution >= 0.6 is 0 Å². The second-order valence-corrected chi connectivity index (χ2v) is 5.88. The van der Waals surface area contributed by atoms with Crippen LogP contribution in [0.1, 0.15) is 65.2 Å². The molecule has 0 bridgehead atoms. The molecule has 102 valence electrons. The molecule has 1 heterocycles. The van der Waals surface area contributed by atoms with Gasteiger partial charge in [-0.15, -0.1) is 0 Å². The van der Waals surface area contributed by atoms with Crippen LogP contribution < -0.4 is 0 Å². The van der Waals surface area contributed by atoms with Crippen LogP contribution in [0.25, 0.3) is 0 Å². The van der Waals surface area contributed by atoms with Crippen molar-refractivity contribution in [2.75, 3.05) is 0 Å². The maximum Gasteiger partial charge on any atom is 0.0352 e. The van der Waals surface area contributed by atoms with Gasteiger partial charge in [-0.2, -0.15) is 0 Å². The van der Waals surface area contributed by atoms with E-state index in [9.17, 15) is 0 Å². The predicted molar refractivity (Wildman–Crippen MR) is 79.5 cm³/mol. The molecule has 0 spiro atoms. The largest absolute Gasteiger partial charge is 0.371 e. The summed E-state index contributed by atoms with van der Waals surface area (Å²) in [5, 5.41) is 0. The van der Waals surface area contributed by atoms with Gasteiger partial charge in [0, 0.05) is 18.0 Å². The molecule has 0 N–H and O–H groups in total. The fraction of sp³-hybridized carbons (Fsp3) is 0.765. The normalized spacial score (nSPS) is 35.1. The van der Waals surface area contributed by atoms with Crippen molar-refractivity contribution < 1.29 is 0 Å². The first-order valence-corrected chi connectivity index (χ1v) is 7.90. The van der Waals surface area contributed by atoms with Gasteiger partial charge in [-0.3, -0.25) is 0 Å². The molecule has 0 aromatic rings. The highest BCUT2D eigenvalue weighted by Crippen LogP contribution is 2.40. The smallest absolute Gasteiger partial charge is 0.0352 e. The second-order valence-electron chi connectivity index (χ2n) is 5.88. The van der Waals surface area contributed by atoms with Gasteiger partial charge in [0.1, 0.15) is 0 Å². The fourth-order valence-corrected chi connectivity index (χ4v) is 4.05. The zero-order valence-electron chi connectivity index (χ0n) is 12.2. The van der Waals surface area contributed by atoms with Crippen LogP contribution in [0.2, 0.25) is 0 Å². The number of hydrogen-bond donors (Lipinski definition) is 0. The maximum atomic E-state index is 4.09. The predicted octanol–water partition coefficient (Wildman–Crippen LogP) is 4.90. The Bertz CT molecular complexity index is 305. The summed E-state index contributed by atoms with van der Waals surface area (Å²) >= 11 is 0. The van der Waals surface area contributed by atoms with Gasteiger partial charge in [0.05, 0.1) is 0 Å². The molecule has 2 rings (SSSR count). The van der Waals surface area contributed by atoms with Gasteiger partial charge in [0.15, 0.2) is 0 Å². The van der Waals surface area contributed by atoms with Crippen LogP contribution in [0.3, 0.4) is 0 Å². The van der Waals surface area contributed by atoms with Crippen molar-refractivity contribution in [1.82, 2.24) is 4.90 Å². The van der Waals surface area contributed by atoms with E-state index in [1.165, 1.54) is 51.4 Å². The molecule has 18 heavy (non-hydrogen) atoms. The van der Waals surface area contributed by atoms with E-state index >= 15 is 0 Å². The first-order valence-electron chi connectivity index (χ1n) is 7.90. The highest BCUT2D eigenvalue weighted by molar-refractivity contribution is 5.15. The fourth-order valence-electron chi connectivity index (χ4n) is 4.05. The highest BCUT2D eigenvalue weighted by atomic mass is 15.2. The average molecular weight is 247 g/mol. The Morgan fingerprint density at radius 3 is 2.67 bits per heavy atom. The molecule has 2 fully saturated rings. The molecule has 1 heteroatoms. The van der Waals surface area contributed by atoms with Gasteiger partial charge in [-0.25, -0.2) is 0 Å². The van der Waals surface area contributed by atoms with Crippen molar-refractivity contribution in [2.45, 2.75) is 77.3 Å². The number of allylic oxidation sites excluding steroid dienone is 1. The quantitative estimate of drug-likeness (QED) is 0.641. The van der Waals surface area contributed by atoms with Crippen molar-refractivity contribution in [3.63, 3.8) is 0 Å². The van der Waals surface area contributed by atoms with E-state index in [-0.39, 0.29) is 0 Å². The van der Waals surface area contributed by atoms with Crippen LogP contribution in [-0.4, -0.2) is 17.0 Å². The van der Waals surface area contributed by atoms with Crippen molar-refractivity contribution >= 4 is 0 Å². The zero-order valence-corrected chi connectivity index (χ0v) is 12.2. The Morgan fingerprint density at radius 2 is 2.00 bits per heavy atom. The Kier molecular flexibility index (Phi) is 4.91. The summed E-state index contributed by atoms with van der Waals surface area (Å²) in [5.41, 5.74) is 1.75. The first kappa shape index (κ1) is 13.7. The Labute approximate surface area is 113 Å². The molecule has 3 unspecified atom stereocenters. The molecule has 1 nitrogen and oxygen atoms in total. The van der Waals surface area contributed by atoms with Gasteiger partial charge in [-0.05, 0) is 44.7 Å². The summed E-state index contributed by atoms with van der Waals surface area (Å²) in [6, 6.07) is 1.46. The Hall–Kier alpha value is -0.720. The lowest BCUT2D eigenvalue weighted by atomic mass is 9.78. The van der Waals surface area contributed by atoms with E-state index < -0.39 is 0 Å². The third-order valence-corrected chi connectivity index (χ3v) is 4.92. The summed E-state index contributed by atoms with van der Waals surface area (Å²) in [7, 11) is 0. The lowest BCUT2D eigenvalue weighted by molar-refractivity contribution is 0.135. The topological polar surface area (TPSA) is 3.24 Å². The van der Waals surface area contributed by atoms with Crippen molar-refractivity contribution in [3.05, 3.63) is 24.4 Å². The third-order valence-electron chi connectivity index (χ3n) is 4.92. The van der Waals surface area contributed by atoms with E-state index in [2.05, 4.69) is 37.6 Å². The monoisotopic (exact) mass is 247 g/mol. The number of likely N-dealkylation sites (tertiary alicyclic amines) is 1. The molecular formula is C17H29N. The molecular weight excluding hydrogens is 218 g/mol. The van der Waals surface area contributed by atoms with Crippen LogP contribution in [0.5, 0.6) is 0 Å². The van der Waals surface area contributed by atoms with Crippen LogP contribution in [0, 0.1) is 5.92 Å². The van der Waals surface area contributed by atoms with Crippen molar-refractivity contribution in [1.29, 1.82) is 0 Å². The molecule has 0 aromatic carbocycles. The molecule has 0 radical (unpaired) electrons. The molecule has 2 aliphatic rings. The average Bonchev–Trinajstić information content (AvgIpc) is 2.56. The molecule has 1 saturated heterocycles. The lowest BCUT2D eigenvalue weighted by Gasteiger charge is -2.41. The summed E-state index contributed by atoms with van der Waals surface area (Å²) in [6.45, 7) is 8.70. The van der Waals surface area contributed by atoms with Gasteiger partial charge in [0.25, 0.3) is 0 Å². The van der Waals surface area contributed by atoms with Gasteiger partial charge >= 0.3 is 0 Å². The van der Waals surface area contributed by atoms with Gasteiger partial charge in [0.2, 0.25) is 0 Å². The van der Waals surface area contributed by atoms with E-state index in [1.54, 1.807) is 5.57 Å². The maximum absolute atomic E-state index is 4.09.